The molecule has 0 heterocycles. The van der Waals surface area contributed by atoms with Gasteiger partial charge in [0.15, 0.2) is 0 Å². The third kappa shape index (κ3) is 5.11. The van der Waals surface area contributed by atoms with Crippen LogP contribution in [0.2, 0.25) is 0 Å². The molecule has 1 rings (SSSR count). The molecule has 0 bridgehead atoms. The van der Waals surface area contributed by atoms with Crippen LogP contribution in [0, 0.1) is 11.8 Å². The Morgan fingerprint density at radius 1 is 1.42 bits per heavy atom. The van der Waals surface area contributed by atoms with E-state index >= 15 is 0 Å². The summed E-state index contributed by atoms with van der Waals surface area (Å²) in [5.41, 5.74) is 0. The first-order valence-corrected chi connectivity index (χ1v) is 7.52. The van der Waals surface area contributed by atoms with Crippen LogP contribution in [0.1, 0.15) is 45.4 Å². The number of hydrogen-bond acceptors (Lipinski definition) is 3. The van der Waals surface area contributed by atoms with E-state index in [0.717, 1.165) is 38.8 Å². The second-order valence-corrected chi connectivity index (χ2v) is 5.81. The summed E-state index contributed by atoms with van der Waals surface area (Å²) >= 11 is 0. The monoisotopic (exact) mass is 271 g/mol. The van der Waals surface area contributed by atoms with Gasteiger partial charge in [0.1, 0.15) is 0 Å². The first-order chi connectivity index (χ1) is 9.10. The van der Waals surface area contributed by atoms with Gasteiger partial charge in [0.25, 0.3) is 0 Å². The summed E-state index contributed by atoms with van der Waals surface area (Å²) in [6, 6.07) is 0.194. The Morgan fingerprint density at radius 3 is 2.74 bits per heavy atom. The van der Waals surface area contributed by atoms with Crippen LogP contribution >= 0.6 is 0 Å². The molecular weight excluding hydrogens is 242 g/mol. The van der Waals surface area contributed by atoms with Crippen LogP contribution in [-0.4, -0.2) is 49.3 Å². The van der Waals surface area contributed by atoms with E-state index in [4.69, 9.17) is 4.74 Å². The zero-order valence-electron chi connectivity index (χ0n) is 12.6. The number of carboxylic acids is 1. The van der Waals surface area contributed by atoms with Gasteiger partial charge in [-0.05, 0) is 38.6 Å². The summed E-state index contributed by atoms with van der Waals surface area (Å²) in [6.45, 7) is 3.87. The van der Waals surface area contributed by atoms with Crippen molar-refractivity contribution >= 4 is 5.97 Å². The van der Waals surface area contributed by atoms with E-state index in [9.17, 15) is 9.90 Å². The van der Waals surface area contributed by atoms with Crippen LogP contribution < -0.4 is 0 Å². The van der Waals surface area contributed by atoms with Gasteiger partial charge in [0.2, 0.25) is 0 Å². The first-order valence-electron chi connectivity index (χ1n) is 7.52. The predicted octanol–water partition coefficient (Wildman–Crippen LogP) is 2.62. The fraction of sp³-hybridized carbons (Fsp3) is 0.933. The second kappa shape index (κ2) is 8.54. The first kappa shape index (κ1) is 16.4. The van der Waals surface area contributed by atoms with Crippen LogP contribution in [0.3, 0.4) is 0 Å². The number of methoxy groups -OCH3 is 1. The number of carboxylic acid groups (broad SMARTS) is 1. The Bertz CT molecular complexity index is 270. The smallest absolute Gasteiger partial charge is 0.308 e. The maximum atomic E-state index is 11.4. The lowest BCUT2D eigenvalue weighted by Gasteiger charge is -2.39. The van der Waals surface area contributed by atoms with E-state index in [1.165, 1.54) is 12.8 Å². The summed E-state index contributed by atoms with van der Waals surface area (Å²) in [7, 11) is 3.77. The molecular formula is C15H29NO3. The molecule has 0 radical (unpaired) electrons. The number of carbonyl (C=O) groups is 1. The van der Waals surface area contributed by atoms with E-state index in [1.807, 2.05) is 0 Å². The molecule has 4 nitrogen and oxygen atoms in total. The van der Waals surface area contributed by atoms with Crippen molar-refractivity contribution < 1.29 is 14.6 Å². The van der Waals surface area contributed by atoms with E-state index in [0.29, 0.717) is 5.92 Å². The summed E-state index contributed by atoms with van der Waals surface area (Å²) in [5, 5.41) is 9.39. The van der Waals surface area contributed by atoms with Crippen LogP contribution in [0.15, 0.2) is 0 Å². The molecule has 1 fully saturated rings. The molecule has 3 unspecified atom stereocenters. The van der Waals surface area contributed by atoms with Gasteiger partial charge in [0.05, 0.1) is 5.92 Å². The molecule has 0 saturated heterocycles. The number of nitrogens with zero attached hydrogens (tertiary/aromatic N) is 1. The Labute approximate surface area is 117 Å². The topological polar surface area (TPSA) is 49.8 Å². The van der Waals surface area contributed by atoms with Crippen molar-refractivity contribution in [2.75, 3.05) is 27.3 Å². The SMILES string of the molecule is CCCC1CCC(C(=O)O)C(N(C)CCCOC)C1. The molecule has 19 heavy (non-hydrogen) atoms. The molecule has 1 aliphatic rings. The Hall–Kier alpha value is -0.610. The maximum absolute atomic E-state index is 11.4. The molecule has 0 amide bonds. The minimum atomic E-state index is -0.626. The number of rotatable bonds is 8. The van der Waals surface area contributed by atoms with Crippen molar-refractivity contribution in [3.05, 3.63) is 0 Å². The molecule has 3 atom stereocenters. The molecule has 1 N–H and O–H groups in total. The van der Waals surface area contributed by atoms with Crippen LogP contribution in [0.4, 0.5) is 0 Å². The van der Waals surface area contributed by atoms with Crippen molar-refractivity contribution in [1.29, 1.82) is 0 Å². The van der Waals surface area contributed by atoms with Crippen molar-refractivity contribution in [2.24, 2.45) is 11.8 Å². The molecule has 1 saturated carbocycles. The molecule has 0 aliphatic heterocycles. The van der Waals surface area contributed by atoms with Gasteiger partial charge in [-0.2, -0.15) is 0 Å². The third-order valence-corrected chi connectivity index (χ3v) is 4.36. The Kier molecular flexibility index (Phi) is 7.39. The van der Waals surface area contributed by atoms with E-state index in [2.05, 4.69) is 18.9 Å². The number of ether oxygens (including phenoxy) is 1. The molecule has 0 spiro atoms. The Morgan fingerprint density at radius 2 is 2.16 bits per heavy atom. The van der Waals surface area contributed by atoms with Gasteiger partial charge in [-0.3, -0.25) is 4.79 Å². The largest absolute Gasteiger partial charge is 0.481 e. The number of aliphatic carboxylic acids is 1. The normalized spacial score (nSPS) is 27.7. The summed E-state index contributed by atoms with van der Waals surface area (Å²) in [5.74, 6) is -0.116. The lowest BCUT2D eigenvalue weighted by Crippen LogP contribution is -2.46. The lowest BCUT2D eigenvalue weighted by atomic mass is 9.76. The molecule has 1 aliphatic carbocycles. The van der Waals surface area contributed by atoms with Crippen LogP contribution in [0.5, 0.6) is 0 Å². The predicted molar refractivity (Wildman–Crippen MR) is 76.3 cm³/mol. The van der Waals surface area contributed by atoms with Gasteiger partial charge in [-0.25, -0.2) is 0 Å². The minimum absolute atomic E-state index is 0.194. The molecule has 112 valence electrons. The van der Waals surface area contributed by atoms with Gasteiger partial charge < -0.3 is 14.7 Å². The van der Waals surface area contributed by atoms with Crippen molar-refractivity contribution in [3.63, 3.8) is 0 Å². The van der Waals surface area contributed by atoms with Crippen LogP contribution in [0.25, 0.3) is 0 Å². The van der Waals surface area contributed by atoms with Gasteiger partial charge in [0, 0.05) is 26.3 Å². The molecule has 0 aromatic rings. The summed E-state index contributed by atoms with van der Waals surface area (Å²) in [4.78, 5) is 13.6. The highest BCUT2D eigenvalue weighted by atomic mass is 16.5. The van der Waals surface area contributed by atoms with Crippen LogP contribution in [-0.2, 0) is 9.53 Å². The van der Waals surface area contributed by atoms with Gasteiger partial charge in [-0.15, -0.1) is 0 Å². The quantitative estimate of drug-likeness (QED) is 0.689. The molecule has 0 aromatic carbocycles. The summed E-state index contributed by atoms with van der Waals surface area (Å²) < 4.78 is 5.07. The molecule has 0 aromatic heterocycles. The highest BCUT2D eigenvalue weighted by Crippen LogP contribution is 2.34. The number of hydrogen-bond donors (Lipinski definition) is 1. The fourth-order valence-corrected chi connectivity index (χ4v) is 3.30. The van der Waals surface area contributed by atoms with Gasteiger partial charge >= 0.3 is 5.97 Å². The second-order valence-electron chi connectivity index (χ2n) is 5.81. The summed E-state index contributed by atoms with van der Waals surface area (Å²) in [6.07, 6.45) is 6.34. The fourth-order valence-electron chi connectivity index (χ4n) is 3.30. The maximum Gasteiger partial charge on any atom is 0.308 e. The minimum Gasteiger partial charge on any atom is -0.481 e. The van der Waals surface area contributed by atoms with Crippen molar-refractivity contribution in [2.45, 2.75) is 51.5 Å². The zero-order chi connectivity index (χ0) is 14.3. The molecule has 4 heteroatoms. The highest BCUT2D eigenvalue weighted by molar-refractivity contribution is 5.71. The van der Waals surface area contributed by atoms with E-state index < -0.39 is 5.97 Å². The standard InChI is InChI=1S/C15H29NO3/c1-4-6-12-7-8-13(15(17)18)14(11-12)16(2)9-5-10-19-3/h12-14H,4-11H2,1-3H3,(H,17,18). The average Bonchev–Trinajstić information content (AvgIpc) is 2.39. The van der Waals surface area contributed by atoms with E-state index in [1.54, 1.807) is 7.11 Å². The zero-order valence-corrected chi connectivity index (χ0v) is 12.6. The Balaban J connectivity index is 2.57. The van der Waals surface area contributed by atoms with E-state index in [-0.39, 0.29) is 12.0 Å². The van der Waals surface area contributed by atoms with Gasteiger partial charge in [-0.1, -0.05) is 19.8 Å². The average molecular weight is 271 g/mol. The van der Waals surface area contributed by atoms with Crippen molar-refractivity contribution in [1.82, 2.24) is 4.90 Å². The third-order valence-electron chi connectivity index (χ3n) is 4.36. The lowest BCUT2D eigenvalue weighted by molar-refractivity contribution is -0.146. The highest BCUT2D eigenvalue weighted by Gasteiger charge is 2.36. The van der Waals surface area contributed by atoms with Crippen molar-refractivity contribution in [3.8, 4) is 0 Å².